The maximum absolute atomic E-state index is 11.4. The van der Waals surface area contributed by atoms with Gasteiger partial charge in [0.1, 0.15) is 11.5 Å². The minimum Gasteiger partial charge on any atom is -0.497 e. The summed E-state index contributed by atoms with van der Waals surface area (Å²) in [5.41, 5.74) is 5.88. The van der Waals surface area contributed by atoms with E-state index in [1.807, 2.05) is 24.3 Å². The molecule has 0 aliphatic carbocycles. The number of carbonyl (C=O) groups excluding carboxylic acids is 1. The second-order valence-electron chi connectivity index (χ2n) is 3.98. The van der Waals surface area contributed by atoms with Crippen LogP contribution in [0.5, 0.6) is 11.5 Å². The molecule has 0 unspecified atom stereocenters. The fraction of sp³-hybridized carbons (Fsp3) is 0.133. The Morgan fingerprint density at radius 3 is 2.45 bits per heavy atom. The third-order valence-electron chi connectivity index (χ3n) is 2.74. The Morgan fingerprint density at radius 1 is 1.05 bits per heavy atom. The SMILES string of the molecule is COc1ccc(Sc2ccccc2C(N)=O)c(OC)c1. The van der Waals surface area contributed by atoms with Crippen LogP contribution in [0, 0.1) is 0 Å². The van der Waals surface area contributed by atoms with Crippen molar-refractivity contribution in [2.45, 2.75) is 9.79 Å². The van der Waals surface area contributed by atoms with Crippen molar-refractivity contribution in [3.63, 3.8) is 0 Å². The smallest absolute Gasteiger partial charge is 0.249 e. The number of nitrogens with two attached hydrogens (primary N) is 1. The summed E-state index contributed by atoms with van der Waals surface area (Å²) in [5.74, 6) is 0.962. The Labute approximate surface area is 121 Å². The lowest BCUT2D eigenvalue weighted by Gasteiger charge is -2.11. The molecule has 2 aromatic rings. The van der Waals surface area contributed by atoms with Crippen molar-refractivity contribution >= 4 is 17.7 Å². The fourth-order valence-corrected chi connectivity index (χ4v) is 2.78. The highest BCUT2D eigenvalue weighted by Gasteiger charge is 2.12. The molecular formula is C15H15NO3S. The van der Waals surface area contributed by atoms with E-state index in [1.54, 1.807) is 32.4 Å². The molecule has 104 valence electrons. The molecule has 2 rings (SSSR count). The Morgan fingerprint density at radius 2 is 1.80 bits per heavy atom. The number of primary amides is 1. The first-order valence-corrected chi connectivity index (χ1v) is 6.76. The van der Waals surface area contributed by atoms with Crippen molar-refractivity contribution in [2.75, 3.05) is 14.2 Å². The van der Waals surface area contributed by atoms with Crippen LogP contribution in [0.15, 0.2) is 52.3 Å². The minimum atomic E-state index is -0.444. The molecule has 5 heteroatoms. The van der Waals surface area contributed by atoms with Gasteiger partial charge in [0.15, 0.2) is 0 Å². The van der Waals surface area contributed by atoms with Crippen molar-refractivity contribution in [3.05, 3.63) is 48.0 Å². The summed E-state index contributed by atoms with van der Waals surface area (Å²) in [6.45, 7) is 0. The number of carbonyl (C=O) groups is 1. The van der Waals surface area contributed by atoms with Gasteiger partial charge < -0.3 is 15.2 Å². The second-order valence-corrected chi connectivity index (χ2v) is 5.06. The third kappa shape index (κ3) is 3.05. The summed E-state index contributed by atoms with van der Waals surface area (Å²) in [6.07, 6.45) is 0. The van der Waals surface area contributed by atoms with Gasteiger partial charge in [0.25, 0.3) is 0 Å². The number of methoxy groups -OCH3 is 2. The molecular weight excluding hydrogens is 274 g/mol. The molecule has 0 saturated heterocycles. The van der Waals surface area contributed by atoms with Crippen LogP contribution in [0.1, 0.15) is 10.4 Å². The van der Waals surface area contributed by atoms with E-state index in [9.17, 15) is 4.79 Å². The van der Waals surface area contributed by atoms with Crippen molar-refractivity contribution in [1.29, 1.82) is 0 Å². The monoisotopic (exact) mass is 289 g/mol. The zero-order valence-corrected chi connectivity index (χ0v) is 12.1. The maximum atomic E-state index is 11.4. The molecule has 0 radical (unpaired) electrons. The average Bonchev–Trinajstić information content (AvgIpc) is 2.48. The first-order chi connectivity index (χ1) is 9.65. The lowest BCUT2D eigenvalue weighted by Crippen LogP contribution is -2.11. The van der Waals surface area contributed by atoms with E-state index in [2.05, 4.69) is 0 Å². The molecule has 0 atom stereocenters. The molecule has 0 bridgehead atoms. The van der Waals surface area contributed by atoms with Gasteiger partial charge in [0, 0.05) is 11.0 Å². The van der Waals surface area contributed by atoms with E-state index in [4.69, 9.17) is 15.2 Å². The van der Waals surface area contributed by atoms with Crippen molar-refractivity contribution in [3.8, 4) is 11.5 Å². The average molecular weight is 289 g/mol. The van der Waals surface area contributed by atoms with E-state index in [-0.39, 0.29) is 0 Å². The van der Waals surface area contributed by atoms with Gasteiger partial charge in [-0.2, -0.15) is 0 Å². The number of hydrogen-bond donors (Lipinski definition) is 1. The molecule has 2 N–H and O–H groups in total. The fourth-order valence-electron chi connectivity index (χ4n) is 1.74. The summed E-state index contributed by atoms with van der Waals surface area (Å²) in [7, 11) is 3.20. The Balaban J connectivity index is 2.37. The summed E-state index contributed by atoms with van der Waals surface area (Å²) in [4.78, 5) is 13.1. The molecule has 0 aliphatic rings. The van der Waals surface area contributed by atoms with Crippen molar-refractivity contribution in [1.82, 2.24) is 0 Å². The molecule has 0 heterocycles. The second kappa shape index (κ2) is 6.34. The van der Waals surface area contributed by atoms with Crippen LogP contribution in [0.4, 0.5) is 0 Å². The Hall–Kier alpha value is -2.14. The van der Waals surface area contributed by atoms with Gasteiger partial charge in [-0.1, -0.05) is 23.9 Å². The molecule has 0 spiro atoms. The highest BCUT2D eigenvalue weighted by Crippen LogP contribution is 2.38. The molecule has 20 heavy (non-hydrogen) atoms. The van der Waals surface area contributed by atoms with Crippen LogP contribution in [-0.4, -0.2) is 20.1 Å². The van der Waals surface area contributed by atoms with Crippen LogP contribution in [0.3, 0.4) is 0 Å². The van der Waals surface area contributed by atoms with E-state index in [1.165, 1.54) is 11.8 Å². The molecule has 2 aromatic carbocycles. The normalized spacial score (nSPS) is 10.1. The van der Waals surface area contributed by atoms with E-state index in [0.29, 0.717) is 11.3 Å². The Bertz CT molecular complexity index is 628. The van der Waals surface area contributed by atoms with Gasteiger partial charge in [0.05, 0.1) is 24.7 Å². The highest BCUT2D eigenvalue weighted by atomic mass is 32.2. The lowest BCUT2D eigenvalue weighted by atomic mass is 10.2. The molecule has 0 aromatic heterocycles. The zero-order valence-electron chi connectivity index (χ0n) is 11.3. The van der Waals surface area contributed by atoms with Crippen molar-refractivity contribution < 1.29 is 14.3 Å². The predicted octanol–water partition coefficient (Wildman–Crippen LogP) is 2.95. The number of benzene rings is 2. The van der Waals surface area contributed by atoms with Crippen LogP contribution in [0.25, 0.3) is 0 Å². The third-order valence-corrected chi connectivity index (χ3v) is 3.88. The summed E-state index contributed by atoms with van der Waals surface area (Å²) in [6, 6.07) is 12.8. The van der Waals surface area contributed by atoms with Gasteiger partial charge in [-0.25, -0.2) is 0 Å². The standard InChI is InChI=1S/C15H15NO3S/c1-18-10-7-8-14(12(9-10)19-2)20-13-6-4-3-5-11(13)15(16)17/h3-9H,1-2H3,(H2,16,17). The minimum absolute atomic E-state index is 0.444. The first-order valence-electron chi connectivity index (χ1n) is 5.94. The highest BCUT2D eigenvalue weighted by molar-refractivity contribution is 7.99. The van der Waals surface area contributed by atoms with Crippen molar-refractivity contribution in [2.24, 2.45) is 5.73 Å². The number of hydrogen-bond acceptors (Lipinski definition) is 4. The Kier molecular flexibility index (Phi) is 4.53. The van der Waals surface area contributed by atoms with Crippen LogP contribution in [0.2, 0.25) is 0 Å². The predicted molar refractivity (Wildman–Crippen MR) is 78.6 cm³/mol. The molecule has 0 saturated carbocycles. The number of amides is 1. The summed E-state index contributed by atoms with van der Waals surface area (Å²) in [5, 5.41) is 0. The van der Waals surface area contributed by atoms with Crippen LogP contribution in [-0.2, 0) is 0 Å². The van der Waals surface area contributed by atoms with E-state index in [0.717, 1.165) is 15.5 Å². The summed E-state index contributed by atoms with van der Waals surface area (Å²) >= 11 is 1.43. The van der Waals surface area contributed by atoms with Gasteiger partial charge in [-0.05, 0) is 24.3 Å². The molecule has 1 amide bonds. The van der Waals surface area contributed by atoms with Gasteiger partial charge >= 0.3 is 0 Å². The largest absolute Gasteiger partial charge is 0.497 e. The molecule has 4 nitrogen and oxygen atoms in total. The lowest BCUT2D eigenvalue weighted by molar-refractivity contribution is 0.0997. The van der Waals surface area contributed by atoms with Crippen LogP contribution < -0.4 is 15.2 Å². The zero-order chi connectivity index (χ0) is 14.5. The summed E-state index contributed by atoms with van der Waals surface area (Å²) < 4.78 is 10.5. The topological polar surface area (TPSA) is 61.5 Å². The molecule has 0 fully saturated rings. The maximum Gasteiger partial charge on any atom is 0.249 e. The van der Waals surface area contributed by atoms with E-state index >= 15 is 0 Å². The molecule has 0 aliphatic heterocycles. The first kappa shape index (κ1) is 14.3. The quantitative estimate of drug-likeness (QED) is 0.919. The van der Waals surface area contributed by atoms with Gasteiger partial charge in [-0.15, -0.1) is 0 Å². The van der Waals surface area contributed by atoms with Gasteiger partial charge in [0.2, 0.25) is 5.91 Å². The number of ether oxygens (including phenoxy) is 2. The van der Waals surface area contributed by atoms with Crippen LogP contribution >= 0.6 is 11.8 Å². The number of rotatable bonds is 5. The van der Waals surface area contributed by atoms with E-state index < -0.39 is 5.91 Å². The van der Waals surface area contributed by atoms with Gasteiger partial charge in [-0.3, -0.25) is 4.79 Å².